The fourth-order valence-electron chi connectivity index (χ4n) is 2.89. The highest BCUT2D eigenvalue weighted by Gasteiger charge is 2.27. The molecule has 6 heteroatoms. The Balaban J connectivity index is 0.000000594. The summed E-state index contributed by atoms with van der Waals surface area (Å²) in [5.74, 6) is 2.95. The summed E-state index contributed by atoms with van der Waals surface area (Å²) < 4.78 is 4.95. The lowest BCUT2D eigenvalue weighted by molar-refractivity contribution is -0.140. The molecule has 1 rings (SSSR count). The summed E-state index contributed by atoms with van der Waals surface area (Å²) in [6.07, 6.45) is 19.4. The van der Waals surface area contributed by atoms with Gasteiger partial charge in [0.05, 0.1) is 13.7 Å². The number of terminal acetylenes is 1. The highest BCUT2D eigenvalue weighted by atomic mass is 16.5. The molecule has 0 fully saturated rings. The van der Waals surface area contributed by atoms with Gasteiger partial charge in [0.2, 0.25) is 11.8 Å². The topological polar surface area (TPSA) is 75.7 Å². The second kappa shape index (κ2) is 19.4. The molecule has 0 radical (unpaired) electrons. The Morgan fingerprint density at radius 3 is 2.52 bits per heavy atom. The molecule has 6 nitrogen and oxygen atoms in total. The molecule has 0 aromatic rings. The molecule has 0 saturated carbocycles. The molecule has 0 bridgehead atoms. The Kier molecular flexibility index (Phi) is 17.8. The second-order valence-electron chi connectivity index (χ2n) is 7.49. The van der Waals surface area contributed by atoms with Crippen LogP contribution in [-0.2, 0) is 19.1 Å². The van der Waals surface area contributed by atoms with Gasteiger partial charge in [-0.1, -0.05) is 32.3 Å². The van der Waals surface area contributed by atoms with Gasteiger partial charge in [0.1, 0.15) is 5.76 Å². The maximum absolute atomic E-state index is 11.7. The highest BCUT2D eigenvalue weighted by Crippen LogP contribution is 2.14. The third-order valence-electron chi connectivity index (χ3n) is 4.80. The zero-order valence-corrected chi connectivity index (χ0v) is 19.4. The number of unbranched alkanes of at least 4 members (excludes halogenated alkanes) is 7. The molecule has 174 valence electrons. The maximum Gasteiger partial charge on any atom is 0.257 e. The molecular formula is C25H40N2O4. The van der Waals surface area contributed by atoms with Crippen molar-refractivity contribution < 1.29 is 19.1 Å². The molecule has 0 aromatic heterocycles. The van der Waals surface area contributed by atoms with Gasteiger partial charge < -0.3 is 10.1 Å². The molecule has 0 atom stereocenters. The molecule has 0 aliphatic carbocycles. The Morgan fingerprint density at radius 2 is 1.90 bits per heavy atom. The van der Waals surface area contributed by atoms with Gasteiger partial charge >= 0.3 is 0 Å². The molecule has 0 spiro atoms. The van der Waals surface area contributed by atoms with Gasteiger partial charge in [-0.25, -0.2) is 0 Å². The number of ether oxygens (including phenoxy) is 1. The number of hydrogen-bond acceptors (Lipinski definition) is 4. The van der Waals surface area contributed by atoms with Crippen LogP contribution in [0.2, 0.25) is 0 Å². The number of rotatable bonds is 15. The van der Waals surface area contributed by atoms with E-state index in [0.717, 1.165) is 70.8 Å². The number of carbonyl (C=O) groups is 3. The fraction of sp³-hybridized carbons (Fsp3) is 0.640. The predicted molar refractivity (Wildman–Crippen MR) is 125 cm³/mol. The quantitative estimate of drug-likeness (QED) is 0.235. The first-order chi connectivity index (χ1) is 15.0. The van der Waals surface area contributed by atoms with E-state index in [1.165, 1.54) is 18.1 Å². The summed E-state index contributed by atoms with van der Waals surface area (Å²) in [6.45, 7) is 6.86. The third-order valence-corrected chi connectivity index (χ3v) is 4.80. The molecule has 1 aliphatic heterocycles. The Labute approximate surface area is 188 Å². The first kappa shape index (κ1) is 28.5. The van der Waals surface area contributed by atoms with Crippen LogP contribution in [-0.4, -0.2) is 42.8 Å². The van der Waals surface area contributed by atoms with Crippen molar-refractivity contribution in [3.63, 3.8) is 0 Å². The minimum absolute atomic E-state index is 0.114. The normalized spacial score (nSPS) is 12.4. The van der Waals surface area contributed by atoms with Gasteiger partial charge in [-0.2, -0.15) is 0 Å². The zero-order chi connectivity index (χ0) is 23.3. The third kappa shape index (κ3) is 15.0. The lowest BCUT2D eigenvalue weighted by atomic mass is 10.1. The molecule has 0 aromatic carbocycles. The summed E-state index contributed by atoms with van der Waals surface area (Å²) in [6, 6.07) is 0. The van der Waals surface area contributed by atoms with Crippen molar-refractivity contribution in [2.75, 3.05) is 20.2 Å². The molecule has 1 heterocycles. The molecular weight excluding hydrogens is 392 g/mol. The van der Waals surface area contributed by atoms with Gasteiger partial charge in [0.15, 0.2) is 0 Å². The van der Waals surface area contributed by atoms with Crippen molar-refractivity contribution in [2.24, 2.45) is 0 Å². The largest absolute Gasteiger partial charge is 0.499 e. The van der Waals surface area contributed by atoms with Crippen LogP contribution in [0.1, 0.15) is 84.0 Å². The van der Waals surface area contributed by atoms with Crippen LogP contribution in [0.4, 0.5) is 0 Å². The van der Waals surface area contributed by atoms with E-state index in [-0.39, 0.29) is 24.3 Å². The van der Waals surface area contributed by atoms with E-state index < -0.39 is 0 Å². The number of hydrogen-bond donors (Lipinski definition) is 1. The molecule has 0 unspecified atom stereocenters. The van der Waals surface area contributed by atoms with E-state index in [1.807, 2.05) is 6.08 Å². The smallest absolute Gasteiger partial charge is 0.257 e. The number of amides is 3. The first-order valence-electron chi connectivity index (χ1n) is 11.4. The molecule has 3 amide bonds. The van der Waals surface area contributed by atoms with E-state index in [1.54, 1.807) is 0 Å². The minimum Gasteiger partial charge on any atom is -0.499 e. The fourth-order valence-corrected chi connectivity index (χ4v) is 2.89. The SMILES string of the molecule is C#CCCCCCC(=O)NCCCC.C=CCCCCCC(=O)N1CC(OC)=CC1=O. The number of methoxy groups -OCH3 is 1. The number of allylic oxidation sites excluding steroid dienone is 1. The summed E-state index contributed by atoms with van der Waals surface area (Å²) in [5, 5.41) is 2.90. The van der Waals surface area contributed by atoms with E-state index in [4.69, 9.17) is 11.2 Å². The van der Waals surface area contributed by atoms with E-state index in [9.17, 15) is 14.4 Å². The van der Waals surface area contributed by atoms with E-state index >= 15 is 0 Å². The van der Waals surface area contributed by atoms with E-state index in [2.05, 4.69) is 24.7 Å². The van der Waals surface area contributed by atoms with Crippen LogP contribution in [0.25, 0.3) is 0 Å². The summed E-state index contributed by atoms with van der Waals surface area (Å²) in [5.41, 5.74) is 0. The van der Waals surface area contributed by atoms with Crippen molar-refractivity contribution in [3.8, 4) is 12.3 Å². The van der Waals surface area contributed by atoms with Gasteiger partial charge in [-0.3, -0.25) is 19.3 Å². The van der Waals surface area contributed by atoms with Crippen LogP contribution in [0.3, 0.4) is 0 Å². The van der Waals surface area contributed by atoms with Crippen LogP contribution in [0.15, 0.2) is 24.5 Å². The number of nitrogens with zero attached hydrogens (tertiary/aromatic N) is 1. The summed E-state index contributed by atoms with van der Waals surface area (Å²) >= 11 is 0. The van der Waals surface area contributed by atoms with Crippen LogP contribution in [0, 0.1) is 12.3 Å². The van der Waals surface area contributed by atoms with Crippen molar-refractivity contribution in [2.45, 2.75) is 84.0 Å². The predicted octanol–water partition coefficient (Wildman–Crippen LogP) is 4.51. The van der Waals surface area contributed by atoms with Crippen molar-refractivity contribution in [3.05, 3.63) is 24.5 Å². The van der Waals surface area contributed by atoms with Crippen LogP contribution < -0.4 is 5.32 Å². The number of imide groups is 1. The monoisotopic (exact) mass is 432 g/mol. The van der Waals surface area contributed by atoms with Gasteiger partial charge in [0, 0.05) is 31.9 Å². The average molecular weight is 433 g/mol. The Bertz CT molecular complexity index is 620. The molecule has 0 saturated heterocycles. The standard InChI is InChI=1S/C13H19NO3.C12H21NO/c1-3-4-5-6-7-8-12(15)14-10-11(17-2)9-13(14)16;1-3-5-7-8-9-10-12(14)13-11-6-4-2/h3,9H,1,4-8,10H2,2H3;1H,4-11H2,2H3,(H,13,14). The lowest BCUT2D eigenvalue weighted by Crippen LogP contribution is -2.32. The van der Waals surface area contributed by atoms with Gasteiger partial charge in [0.25, 0.3) is 5.91 Å². The zero-order valence-electron chi connectivity index (χ0n) is 19.4. The Hall–Kier alpha value is -2.55. The number of nitrogens with one attached hydrogen (secondary N) is 1. The van der Waals surface area contributed by atoms with Crippen molar-refractivity contribution in [1.82, 2.24) is 10.2 Å². The van der Waals surface area contributed by atoms with Crippen LogP contribution >= 0.6 is 0 Å². The molecule has 31 heavy (non-hydrogen) atoms. The summed E-state index contributed by atoms with van der Waals surface area (Å²) in [4.78, 5) is 35.6. The van der Waals surface area contributed by atoms with Gasteiger partial charge in [-0.15, -0.1) is 18.9 Å². The lowest BCUT2D eigenvalue weighted by Gasteiger charge is -2.13. The van der Waals surface area contributed by atoms with Gasteiger partial charge in [-0.05, 0) is 38.5 Å². The summed E-state index contributed by atoms with van der Waals surface area (Å²) in [7, 11) is 1.50. The Morgan fingerprint density at radius 1 is 1.19 bits per heavy atom. The molecule has 1 aliphatic rings. The molecule has 1 N–H and O–H groups in total. The minimum atomic E-state index is -0.266. The van der Waals surface area contributed by atoms with Crippen molar-refractivity contribution >= 4 is 17.7 Å². The first-order valence-corrected chi connectivity index (χ1v) is 11.4. The second-order valence-corrected chi connectivity index (χ2v) is 7.49. The van der Waals surface area contributed by atoms with Crippen LogP contribution in [0.5, 0.6) is 0 Å². The highest BCUT2D eigenvalue weighted by molar-refractivity contribution is 6.03. The maximum atomic E-state index is 11.7. The average Bonchev–Trinajstić information content (AvgIpc) is 3.15. The van der Waals surface area contributed by atoms with Crippen molar-refractivity contribution in [1.29, 1.82) is 0 Å². The van der Waals surface area contributed by atoms with E-state index in [0.29, 0.717) is 18.6 Å². The number of carbonyl (C=O) groups excluding carboxylic acids is 3.